The van der Waals surface area contributed by atoms with Crippen molar-refractivity contribution in [2.45, 2.75) is 51.6 Å². The Bertz CT molecular complexity index is 540. The summed E-state index contributed by atoms with van der Waals surface area (Å²) in [7, 11) is 0. The van der Waals surface area contributed by atoms with Crippen molar-refractivity contribution < 1.29 is 0 Å². The Balaban J connectivity index is 1.52. The highest BCUT2D eigenvalue weighted by atomic mass is 15.1. The molecule has 3 nitrogen and oxygen atoms in total. The molecule has 1 fully saturated rings. The molecular formula is C17H25N3. The zero-order valence-corrected chi connectivity index (χ0v) is 12.4. The molecule has 0 spiro atoms. The number of hydrogen-bond donors (Lipinski definition) is 1. The van der Waals surface area contributed by atoms with Crippen LogP contribution in [0.5, 0.6) is 0 Å². The number of nitrogens with one attached hydrogen (secondary N) is 1. The van der Waals surface area contributed by atoms with Crippen molar-refractivity contribution in [1.29, 1.82) is 0 Å². The van der Waals surface area contributed by atoms with Crippen LogP contribution in [0.4, 0.5) is 0 Å². The molecule has 1 aliphatic rings. The minimum Gasteiger partial charge on any atom is -0.329 e. The van der Waals surface area contributed by atoms with Gasteiger partial charge in [0.1, 0.15) is 0 Å². The number of hydrogen-bond acceptors (Lipinski definition) is 2. The van der Waals surface area contributed by atoms with Crippen molar-refractivity contribution in [2.75, 3.05) is 6.54 Å². The first-order valence-electron chi connectivity index (χ1n) is 7.98. The second kappa shape index (κ2) is 6.40. The lowest BCUT2D eigenvalue weighted by atomic mass is 9.84. The summed E-state index contributed by atoms with van der Waals surface area (Å²) in [6.45, 7) is 4.37. The predicted octanol–water partition coefficient (Wildman–Crippen LogP) is 3.59. The number of benzene rings is 1. The summed E-state index contributed by atoms with van der Waals surface area (Å²) in [5, 5.41) is 3.71. The van der Waals surface area contributed by atoms with Crippen LogP contribution in [0.15, 0.2) is 30.6 Å². The maximum atomic E-state index is 4.44. The van der Waals surface area contributed by atoms with Crippen LogP contribution in [0.2, 0.25) is 0 Å². The van der Waals surface area contributed by atoms with Crippen LogP contribution < -0.4 is 5.32 Å². The van der Waals surface area contributed by atoms with Crippen molar-refractivity contribution in [2.24, 2.45) is 5.92 Å². The third kappa shape index (κ3) is 3.04. The quantitative estimate of drug-likeness (QED) is 0.900. The maximum Gasteiger partial charge on any atom is 0.0958 e. The molecule has 1 saturated carbocycles. The largest absolute Gasteiger partial charge is 0.329 e. The van der Waals surface area contributed by atoms with Gasteiger partial charge in [-0.2, -0.15) is 0 Å². The SMILES string of the molecule is C[C@H](NCCn1cnc2ccccc21)C1CCCCC1. The fourth-order valence-electron chi connectivity index (χ4n) is 3.40. The molecule has 0 aliphatic heterocycles. The van der Waals surface area contributed by atoms with Gasteiger partial charge in [0.25, 0.3) is 0 Å². The second-order valence-corrected chi connectivity index (χ2v) is 6.07. The molecular weight excluding hydrogens is 246 g/mol. The lowest BCUT2D eigenvalue weighted by Gasteiger charge is -2.28. The van der Waals surface area contributed by atoms with Crippen LogP contribution in [0.1, 0.15) is 39.0 Å². The van der Waals surface area contributed by atoms with Gasteiger partial charge in [0.15, 0.2) is 0 Å². The van der Waals surface area contributed by atoms with Crippen LogP contribution in [0.25, 0.3) is 11.0 Å². The summed E-state index contributed by atoms with van der Waals surface area (Å²) >= 11 is 0. The van der Waals surface area contributed by atoms with E-state index in [2.05, 4.69) is 40.0 Å². The Hall–Kier alpha value is -1.35. The highest BCUT2D eigenvalue weighted by Crippen LogP contribution is 2.26. The van der Waals surface area contributed by atoms with Crippen LogP contribution >= 0.6 is 0 Å². The fraction of sp³-hybridized carbons (Fsp3) is 0.588. The van der Waals surface area contributed by atoms with E-state index in [0.29, 0.717) is 6.04 Å². The number of para-hydroxylation sites is 2. The lowest BCUT2D eigenvalue weighted by Crippen LogP contribution is -2.36. The van der Waals surface area contributed by atoms with Crippen molar-refractivity contribution in [1.82, 2.24) is 14.9 Å². The molecule has 2 aromatic rings. The van der Waals surface area contributed by atoms with Crippen LogP contribution in [-0.2, 0) is 6.54 Å². The molecule has 1 aromatic heterocycles. The number of nitrogens with zero attached hydrogens (tertiary/aromatic N) is 2. The predicted molar refractivity (Wildman–Crippen MR) is 83.8 cm³/mol. The van der Waals surface area contributed by atoms with Gasteiger partial charge in [0, 0.05) is 19.1 Å². The standard InChI is InChI=1S/C17H25N3/c1-14(15-7-3-2-4-8-15)18-11-12-20-13-19-16-9-5-6-10-17(16)20/h5-6,9-10,13-15,18H,2-4,7-8,11-12H2,1H3/t14-/m0/s1. The molecule has 3 rings (SSSR count). The summed E-state index contributed by atoms with van der Waals surface area (Å²) < 4.78 is 2.25. The van der Waals surface area contributed by atoms with Gasteiger partial charge in [-0.3, -0.25) is 0 Å². The number of imidazole rings is 1. The van der Waals surface area contributed by atoms with E-state index >= 15 is 0 Å². The Morgan fingerprint density at radius 1 is 1.25 bits per heavy atom. The van der Waals surface area contributed by atoms with Crippen molar-refractivity contribution in [3.05, 3.63) is 30.6 Å². The second-order valence-electron chi connectivity index (χ2n) is 6.07. The Kier molecular flexibility index (Phi) is 4.36. The van der Waals surface area contributed by atoms with Gasteiger partial charge in [0.2, 0.25) is 0 Å². The van der Waals surface area contributed by atoms with Gasteiger partial charge >= 0.3 is 0 Å². The van der Waals surface area contributed by atoms with E-state index in [-0.39, 0.29) is 0 Å². The first kappa shape index (κ1) is 13.6. The Morgan fingerprint density at radius 2 is 2.05 bits per heavy atom. The molecule has 1 heterocycles. The van der Waals surface area contributed by atoms with E-state index in [0.717, 1.165) is 24.5 Å². The minimum absolute atomic E-state index is 0.644. The summed E-state index contributed by atoms with van der Waals surface area (Å²) in [6, 6.07) is 8.99. The third-order valence-corrected chi connectivity index (χ3v) is 4.70. The van der Waals surface area contributed by atoms with Gasteiger partial charge in [-0.05, 0) is 37.8 Å². The van der Waals surface area contributed by atoms with Crippen molar-refractivity contribution in [3.63, 3.8) is 0 Å². The molecule has 0 bridgehead atoms. The lowest BCUT2D eigenvalue weighted by molar-refractivity contribution is 0.280. The molecule has 1 atom stereocenters. The van der Waals surface area contributed by atoms with Gasteiger partial charge in [-0.15, -0.1) is 0 Å². The molecule has 1 aliphatic carbocycles. The Morgan fingerprint density at radius 3 is 2.90 bits per heavy atom. The van der Waals surface area contributed by atoms with Crippen LogP contribution in [-0.4, -0.2) is 22.1 Å². The topological polar surface area (TPSA) is 29.9 Å². The molecule has 108 valence electrons. The number of fused-ring (bicyclic) bond motifs is 1. The average Bonchev–Trinajstić information content (AvgIpc) is 2.92. The molecule has 3 heteroatoms. The van der Waals surface area contributed by atoms with E-state index in [1.54, 1.807) is 0 Å². The van der Waals surface area contributed by atoms with E-state index in [1.165, 1.54) is 37.6 Å². The smallest absolute Gasteiger partial charge is 0.0958 e. The van der Waals surface area contributed by atoms with Crippen LogP contribution in [0.3, 0.4) is 0 Å². The monoisotopic (exact) mass is 271 g/mol. The Labute approximate surface area is 121 Å². The van der Waals surface area contributed by atoms with E-state index in [4.69, 9.17) is 0 Å². The van der Waals surface area contributed by atoms with E-state index < -0.39 is 0 Å². The molecule has 0 radical (unpaired) electrons. The van der Waals surface area contributed by atoms with Crippen molar-refractivity contribution in [3.8, 4) is 0 Å². The van der Waals surface area contributed by atoms with E-state index in [1.807, 2.05) is 12.4 Å². The molecule has 20 heavy (non-hydrogen) atoms. The molecule has 0 unspecified atom stereocenters. The summed E-state index contributed by atoms with van der Waals surface area (Å²) in [6.07, 6.45) is 9.04. The zero-order valence-electron chi connectivity index (χ0n) is 12.4. The van der Waals surface area contributed by atoms with Gasteiger partial charge in [0.05, 0.1) is 17.4 Å². The van der Waals surface area contributed by atoms with Gasteiger partial charge < -0.3 is 9.88 Å². The van der Waals surface area contributed by atoms with E-state index in [9.17, 15) is 0 Å². The summed E-state index contributed by atoms with van der Waals surface area (Å²) in [4.78, 5) is 4.44. The number of aromatic nitrogens is 2. The highest BCUT2D eigenvalue weighted by molar-refractivity contribution is 5.74. The zero-order chi connectivity index (χ0) is 13.8. The normalized spacial score (nSPS) is 18.4. The first-order chi connectivity index (χ1) is 9.84. The fourth-order valence-corrected chi connectivity index (χ4v) is 3.40. The summed E-state index contributed by atoms with van der Waals surface area (Å²) in [5.74, 6) is 0.878. The van der Waals surface area contributed by atoms with Gasteiger partial charge in [-0.1, -0.05) is 31.4 Å². The molecule has 1 N–H and O–H groups in total. The van der Waals surface area contributed by atoms with Crippen molar-refractivity contribution >= 4 is 11.0 Å². The number of rotatable bonds is 5. The minimum atomic E-state index is 0.644. The molecule has 0 saturated heterocycles. The average molecular weight is 271 g/mol. The first-order valence-corrected chi connectivity index (χ1v) is 7.98. The van der Waals surface area contributed by atoms with Gasteiger partial charge in [-0.25, -0.2) is 4.98 Å². The molecule has 1 aromatic carbocycles. The third-order valence-electron chi connectivity index (χ3n) is 4.70. The maximum absolute atomic E-state index is 4.44. The highest BCUT2D eigenvalue weighted by Gasteiger charge is 2.19. The summed E-state index contributed by atoms with van der Waals surface area (Å²) in [5.41, 5.74) is 2.33. The molecule has 0 amide bonds. The van der Waals surface area contributed by atoms with Crippen LogP contribution in [0, 0.1) is 5.92 Å².